The molecule has 0 spiro atoms. The Bertz CT molecular complexity index is 322. The van der Waals surface area contributed by atoms with Crippen LogP contribution in [0.4, 0.5) is 0 Å². The topological polar surface area (TPSA) is 43.1 Å². The number of thiophene rings is 1. The summed E-state index contributed by atoms with van der Waals surface area (Å²) in [6.07, 6.45) is 0. The highest BCUT2D eigenvalue weighted by atomic mass is 35.5. The van der Waals surface area contributed by atoms with Crippen LogP contribution in [-0.2, 0) is 0 Å². The molecule has 0 fully saturated rings. The zero-order chi connectivity index (χ0) is 10.7. The number of halogens is 1. The van der Waals surface area contributed by atoms with Gasteiger partial charge < -0.3 is 5.73 Å². The molecule has 2 nitrogen and oxygen atoms in total. The van der Waals surface area contributed by atoms with Gasteiger partial charge in [-0.1, -0.05) is 25.4 Å². The Balaban J connectivity index is 2.89. The summed E-state index contributed by atoms with van der Waals surface area (Å²) in [5, 5.41) is 2.36. The summed E-state index contributed by atoms with van der Waals surface area (Å²) in [5.41, 5.74) is 5.57. The summed E-state index contributed by atoms with van der Waals surface area (Å²) >= 11 is 7.27. The van der Waals surface area contributed by atoms with Crippen LogP contribution in [0.25, 0.3) is 0 Å². The zero-order valence-electron chi connectivity index (χ0n) is 8.29. The normalized spacial score (nSPS) is 13.2. The molecule has 78 valence electrons. The van der Waals surface area contributed by atoms with Crippen LogP contribution in [0.2, 0.25) is 5.02 Å². The highest BCUT2D eigenvalue weighted by molar-refractivity contribution is 7.12. The lowest BCUT2D eigenvalue weighted by Crippen LogP contribution is -2.28. The molecule has 1 rings (SSSR count). The molecule has 1 atom stereocenters. The van der Waals surface area contributed by atoms with Crippen molar-refractivity contribution >= 4 is 28.7 Å². The van der Waals surface area contributed by atoms with E-state index in [2.05, 4.69) is 0 Å². The Morgan fingerprint density at radius 2 is 2.29 bits per heavy atom. The van der Waals surface area contributed by atoms with Gasteiger partial charge in [0.25, 0.3) is 0 Å². The van der Waals surface area contributed by atoms with Crippen molar-refractivity contribution in [3.8, 4) is 0 Å². The molecule has 0 amide bonds. The second-order valence-corrected chi connectivity index (χ2v) is 4.87. The number of carbonyl (C=O) groups is 1. The van der Waals surface area contributed by atoms with E-state index in [0.29, 0.717) is 16.4 Å². The fourth-order valence-electron chi connectivity index (χ4n) is 1.32. The van der Waals surface area contributed by atoms with Crippen LogP contribution in [0.1, 0.15) is 23.5 Å². The maximum absolute atomic E-state index is 11.9. The van der Waals surface area contributed by atoms with Crippen LogP contribution >= 0.6 is 22.9 Å². The fourth-order valence-corrected chi connectivity index (χ4v) is 2.47. The molecule has 0 aliphatic carbocycles. The monoisotopic (exact) mass is 231 g/mol. The maximum Gasteiger partial charge on any atom is 0.178 e. The van der Waals surface area contributed by atoms with Crippen molar-refractivity contribution < 1.29 is 4.79 Å². The van der Waals surface area contributed by atoms with Crippen molar-refractivity contribution in [2.45, 2.75) is 13.8 Å². The number of rotatable bonds is 4. The Hall–Kier alpha value is -0.380. The van der Waals surface area contributed by atoms with Crippen molar-refractivity contribution in [2.75, 3.05) is 6.54 Å². The minimum absolute atomic E-state index is 0.0718. The highest BCUT2D eigenvalue weighted by Crippen LogP contribution is 2.27. The summed E-state index contributed by atoms with van der Waals surface area (Å²) in [5.74, 6) is 0.208. The van der Waals surface area contributed by atoms with Gasteiger partial charge in [-0.3, -0.25) is 4.79 Å². The quantitative estimate of drug-likeness (QED) is 0.810. The fraction of sp³-hybridized carbons (Fsp3) is 0.500. The first-order valence-corrected chi connectivity index (χ1v) is 5.81. The van der Waals surface area contributed by atoms with Gasteiger partial charge in [-0.25, -0.2) is 0 Å². The lowest BCUT2D eigenvalue weighted by molar-refractivity contribution is 0.0896. The first-order valence-electron chi connectivity index (χ1n) is 4.55. The molecule has 1 unspecified atom stereocenters. The molecule has 1 aromatic rings. The van der Waals surface area contributed by atoms with Gasteiger partial charge in [0.2, 0.25) is 0 Å². The van der Waals surface area contributed by atoms with E-state index in [1.54, 1.807) is 6.07 Å². The van der Waals surface area contributed by atoms with Crippen LogP contribution in [-0.4, -0.2) is 12.3 Å². The Morgan fingerprint density at radius 3 is 2.64 bits per heavy atom. The molecule has 0 bridgehead atoms. The number of hydrogen-bond donors (Lipinski definition) is 1. The summed E-state index contributed by atoms with van der Waals surface area (Å²) in [6.45, 7) is 4.37. The molecule has 0 aromatic carbocycles. The van der Waals surface area contributed by atoms with Gasteiger partial charge in [-0.15, -0.1) is 11.3 Å². The third-order valence-corrected chi connectivity index (χ3v) is 3.59. The van der Waals surface area contributed by atoms with Crippen LogP contribution in [0.15, 0.2) is 11.4 Å². The van der Waals surface area contributed by atoms with E-state index >= 15 is 0 Å². The van der Waals surface area contributed by atoms with Gasteiger partial charge in [0, 0.05) is 12.5 Å². The molecule has 0 aliphatic rings. The zero-order valence-corrected chi connectivity index (χ0v) is 9.86. The van der Waals surface area contributed by atoms with Gasteiger partial charge in [0.1, 0.15) is 0 Å². The van der Waals surface area contributed by atoms with E-state index in [-0.39, 0.29) is 17.6 Å². The number of ketones is 1. The molecule has 0 saturated heterocycles. The van der Waals surface area contributed by atoms with Crippen LogP contribution in [0.5, 0.6) is 0 Å². The number of carbonyl (C=O) groups excluding carboxylic acids is 1. The van der Waals surface area contributed by atoms with Crippen LogP contribution in [0.3, 0.4) is 0 Å². The summed E-state index contributed by atoms with van der Waals surface area (Å²) in [7, 11) is 0. The van der Waals surface area contributed by atoms with E-state index < -0.39 is 0 Å². The van der Waals surface area contributed by atoms with Gasteiger partial charge in [-0.05, 0) is 17.4 Å². The van der Waals surface area contributed by atoms with Gasteiger partial charge >= 0.3 is 0 Å². The molecule has 0 aliphatic heterocycles. The summed E-state index contributed by atoms with van der Waals surface area (Å²) < 4.78 is 0. The number of Topliss-reactive ketones (excluding diaryl/α,β-unsaturated/α-hetero) is 1. The molecule has 0 radical (unpaired) electrons. The predicted molar refractivity (Wildman–Crippen MR) is 61.0 cm³/mol. The average molecular weight is 232 g/mol. The Kier molecular flexibility index (Phi) is 4.11. The predicted octanol–water partition coefficient (Wildman–Crippen LogP) is 2.82. The van der Waals surface area contributed by atoms with Crippen LogP contribution in [0, 0.1) is 11.8 Å². The van der Waals surface area contributed by atoms with Gasteiger partial charge in [-0.2, -0.15) is 0 Å². The minimum Gasteiger partial charge on any atom is -0.330 e. The van der Waals surface area contributed by atoms with Crippen molar-refractivity contribution in [1.82, 2.24) is 0 Å². The largest absolute Gasteiger partial charge is 0.330 e. The number of nitrogens with two attached hydrogens (primary N) is 1. The second kappa shape index (κ2) is 4.91. The Labute approximate surface area is 93.1 Å². The summed E-state index contributed by atoms with van der Waals surface area (Å²) in [6, 6.07) is 1.74. The molecular weight excluding hydrogens is 218 g/mol. The Morgan fingerprint density at radius 1 is 1.64 bits per heavy atom. The van der Waals surface area contributed by atoms with Gasteiger partial charge in [0.05, 0.1) is 9.90 Å². The number of hydrogen-bond acceptors (Lipinski definition) is 3. The SMILES string of the molecule is CC(C)C(CN)C(=O)c1sccc1Cl. The highest BCUT2D eigenvalue weighted by Gasteiger charge is 2.24. The first-order chi connectivity index (χ1) is 6.57. The molecule has 14 heavy (non-hydrogen) atoms. The third-order valence-electron chi connectivity index (χ3n) is 2.24. The smallest absolute Gasteiger partial charge is 0.178 e. The first kappa shape index (κ1) is 11.7. The standard InChI is InChI=1S/C10H14ClNOS/c1-6(2)7(5-12)9(13)10-8(11)3-4-14-10/h3-4,6-7H,5,12H2,1-2H3. The molecular formula is C10H14ClNOS. The van der Waals surface area contributed by atoms with E-state index in [4.69, 9.17) is 17.3 Å². The lowest BCUT2D eigenvalue weighted by atomic mass is 9.91. The van der Waals surface area contributed by atoms with Crippen LogP contribution < -0.4 is 5.73 Å². The molecule has 0 saturated carbocycles. The maximum atomic E-state index is 11.9. The van der Waals surface area contributed by atoms with Crippen molar-refractivity contribution in [1.29, 1.82) is 0 Å². The molecule has 2 N–H and O–H groups in total. The molecule has 1 heterocycles. The van der Waals surface area contributed by atoms with E-state index in [9.17, 15) is 4.79 Å². The minimum atomic E-state index is -0.119. The van der Waals surface area contributed by atoms with E-state index in [1.807, 2.05) is 19.2 Å². The summed E-state index contributed by atoms with van der Waals surface area (Å²) in [4.78, 5) is 12.6. The van der Waals surface area contributed by atoms with Gasteiger partial charge in [0.15, 0.2) is 5.78 Å². The molecule has 4 heteroatoms. The van der Waals surface area contributed by atoms with Crippen molar-refractivity contribution in [3.05, 3.63) is 21.3 Å². The van der Waals surface area contributed by atoms with E-state index in [1.165, 1.54) is 11.3 Å². The van der Waals surface area contributed by atoms with Crippen molar-refractivity contribution in [3.63, 3.8) is 0 Å². The second-order valence-electron chi connectivity index (χ2n) is 3.55. The lowest BCUT2D eigenvalue weighted by Gasteiger charge is -2.16. The van der Waals surface area contributed by atoms with E-state index in [0.717, 1.165) is 0 Å². The average Bonchev–Trinajstić information content (AvgIpc) is 2.51. The van der Waals surface area contributed by atoms with Crippen molar-refractivity contribution in [2.24, 2.45) is 17.6 Å². The molecule has 1 aromatic heterocycles. The third kappa shape index (κ3) is 2.35.